The zero-order valence-corrected chi connectivity index (χ0v) is 20.1. The zero-order valence-electron chi connectivity index (χ0n) is 19.3. The van der Waals surface area contributed by atoms with Crippen LogP contribution in [0.25, 0.3) is 10.2 Å². The minimum atomic E-state index is -0.0779. The Balaban J connectivity index is 1.51. The molecule has 2 aliphatic heterocycles. The fourth-order valence-electron chi connectivity index (χ4n) is 5.25. The molecule has 1 aliphatic carbocycles. The number of thiophene rings is 1. The van der Waals surface area contributed by atoms with Crippen LogP contribution in [0, 0.1) is 11.8 Å². The van der Waals surface area contributed by atoms with Crippen molar-refractivity contribution in [3.63, 3.8) is 0 Å². The van der Waals surface area contributed by atoms with Gasteiger partial charge in [0.25, 0.3) is 0 Å². The number of anilines is 1. The fourth-order valence-corrected chi connectivity index (χ4v) is 6.64. The van der Waals surface area contributed by atoms with Crippen molar-refractivity contribution in [2.24, 2.45) is 11.8 Å². The molecule has 0 spiro atoms. The van der Waals surface area contributed by atoms with E-state index in [4.69, 9.17) is 19.4 Å². The number of nitrogens with zero attached hydrogens (tertiary/aromatic N) is 4. The summed E-state index contributed by atoms with van der Waals surface area (Å²) in [5, 5.41) is 1.24. The molecule has 3 aliphatic rings. The van der Waals surface area contributed by atoms with Gasteiger partial charge in [-0.05, 0) is 50.5 Å². The molecular formula is C24H34N4O3S. The molecule has 2 aromatic heterocycles. The van der Waals surface area contributed by atoms with Gasteiger partial charge in [0.15, 0.2) is 0 Å². The maximum Gasteiger partial charge on any atom is 0.310 e. The van der Waals surface area contributed by atoms with Crippen molar-refractivity contribution in [3.05, 3.63) is 16.3 Å². The number of aromatic nitrogens is 2. The average Bonchev–Trinajstić information content (AvgIpc) is 3.16. The number of hydrogen-bond acceptors (Lipinski definition) is 8. The minimum Gasteiger partial charge on any atom is -0.466 e. The number of aryl methyl sites for hydroxylation is 1. The number of fused-ring (bicyclic) bond motifs is 3. The molecule has 0 saturated carbocycles. The Morgan fingerprint density at radius 1 is 1.22 bits per heavy atom. The predicted octanol–water partition coefficient (Wildman–Crippen LogP) is 3.43. The van der Waals surface area contributed by atoms with Gasteiger partial charge < -0.3 is 14.4 Å². The number of morpholine rings is 1. The standard InChI is InChI=1S/C24H34N4O3S/c1-3-31-24(29)17-5-4-8-28(14-17)22-21-18-7-6-16(2)13-19(18)32-23(21)26-20(25-22)15-27-9-11-30-12-10-27/h16-17H,3-15H2,1-2H3/t16-,17-/m0/s1. The molecule has 2 aromatic rings. The quantitative estimate of drug-likeness (QED) is 0.636. The third kappa shape index (κ3) is 4.50. The number of esters is 1. The van der Waals surface area contributed by atoms with E-state index in [1.165, 1.54) is 22.2 Å². The monoisotopic (exact) mass is 458 g/mol. The van der Waals surface area contributed by atoms with E-state index in [1.54, 1.807) is 0 Å². The van der Waals surface area contributed by atoms with Crippen LogP contribution in [0.5, 0.6) is 0 Å². The first kappa shape index (κ1) is 22.0. The van der Waals surface area contributed by atoms with Gasteiger partial charge in [0, 0.05) is 31.1 Å². The van der Waals surface area contributed by atoms with Crippen molar-refractivity contribution in [1.29, 1.82) is 0 Å². The third-order valence-corrected chi connectivity index (χ3v) is 8.14. The lowest BCUT2D eigenvalue weighted by molar-refractivity contribution is -0.148. The number of ether oxygens (including phenoxy) is 2. The first-order valence-corrected chi connectivity index (χ1v) is 13.0. The zero-order chi connectivity index (χ0) is 22.1. The van der Waals surface area contributed by atoms with Gasteiger partial charge in [-0.2, -0.15) is 0 Å². The summed E-state index contributed by atoms with van der Waals surface area (Å²) in [6.07, 6.45) is 5.34. The smallest absolute Gasteiger partial charge is 0.310 e. The van der Waals surface area contributed by atoms with E-state index in [0.717, 1.165) is 87.5 Å². The molecule has 8 heteroatoms. The molecule has 0 N–H and O–H groups in total. The molecule has 2 saturated heterocycles. The van der Waals surface area contributed by atoms with Crippen molar-refractivity contribution in [2.75, 3.05) is 50.9 Å². The fraction of sp³-hybridized carbons (Fsp3) is 0.708. The summed E-state index contributed by atoms with van der Waals surface area (Å²) in [5.41, 5.74) is 1.45. The highest BCUT2D eigenvalue weighted by Crippen LogP contribution is 2.42. The van der Waals surface area contributed by atoms with Gasteiger partial charge in [-0.3, -0.25) is 9.69 Å². The number of rotatable bonds is 5. The summed E-state index contributed by atoms with van der Waals surface area (Å²) in [7, 11) is 0. The summed E-state index contributed by atoms with van der Waals surface area (Å²) < 4.78 is 10.9. The molecule has 0 bridgehead atoms. The first-order chi connectivity index (χ1) is 15.6. The van der Waals surface area contributed by atoms with Crippen LogP contribution in [-0.2, 0) is 33.7 Å². The summed E-state index contributed by atoms with van der Waals surface area (Å²) in [4.78, 5) is 30.0. The van der Waals surface area contributed by atoms with E-state index in [0.29, 0.717) is 13.2 Å². The van der Waals surface area contributed by atoms with Gasteiger partial charge in [-0.1, -0.05) is 6.92 Å². The number of hydrogen-bond donors (Lipinski definition) is 0. The Morgan fingerprint density at radius 2 is 2.06 bits per heavy atom. The van der Waals surface area contributed by atoms with Crippen LogP contribution in [0.4, 0.5) is 5.82 Å². The van der Waals surface area contributed by atoms with E-state index in [9.17, 15) is 4.79 Å². The molecule has 32 heavy (non-hydrogen) atoms. The van der Waals surface area contributed by atoms with E-state index in [-0.39, 0.29) is 11.9 Å². The Labute approximate surface area is 194 Å². The van der Waals surface area contributed by atoms with Crippen LogP contribution in [-0.4, -0.2) is 66.8 Å². The molecule has 4 heterocycles. The number of carbonyl (C=O) groups is 1. The lowest BCUT2D eigenvalue weighted by Crippen LogP contribution is -2.40. The van der Waals surface area contributed by atoms with E-state index < -0.39 is 0 Å². The minimum absolute atomic E-state index is 0.0720. The van der Waals surface area contributed by atoms with Crippen LogP contribution in [0.1, 0.15) is 49.4 Å². The maximum atomic E-state index is 12.5. The van der Waals surface area contributed by atoms with Crippen molar-refractivity contribution < 1.29 is 14.3 Å². The third-order valence-electron chi connectivity index (χ3n) is 6.99. The molecule has 7 nitrogen and oxygen atoms in total. The topological polar surface area (TPSA) is 67.8 Å². The molecule has 0 amide bonds. The largest absolute Gasteiger partial charge is 0.466 e. The molecule has 0 radical (unpaired) electrons. The molecule has 0 unspecified atom stereocenters. The van der Waals surface area contributed by atoms with E-state index >= 15 is 0 Å². The number of carbonyl (C=O) groups excluding carboxylic acids is 1. The Hall–Kier alpha value is -1.77. The van der Waals surface area contributed by atoms with Crippen molar-refractivity contribution in [1.82, 2.24) is 14.9 Å². The number of piperidine rings is 1. The highest BCUT2D eigenvalue weighted by molar-refractivity contribution is 7.19. The lowest BCUT2D eigenvalue weighted by Gasteiger charge is -2.33. The summed E-state index contributed by atoms with van der Waals surface area (Å²) in [6, 6.07) is 0. The van der Waals surface area contributed by atoms with Gasteiger partial charge >= 0.3 is 5.97 Å². The van der Waals surface area contributed by atoms with Crippen LogP contribution in [0.3, 0.4) is 0 Å². The second kappa shape index (κ2) is 9.61. The molecule has 5 rings (SSSR count). The summed E-state index contributed by atoms with van der Waals surface area (Å²) in [6.45, 7) is 10.4. The van der Waals surface area contributed by atoms with Gasteiger partial charge in [-0.25, -0.2) is 9.97 Å². The molecular weight excluding hydrogens is 424 g/mol. The predicted molar refractivity (Wildman–Crippen MR) is 126 cm³/mol. The van der Waals surface area contributed by atoms with E-state index in [2.05, 4.69) is 16.7 Å². The van der Waals surface area contributed by atoms with Crippen LogP contribution >= 0.6 is 11.3 Å². The molecule has 0 aromatic carbocycles. The molecule has 174 valence electrons. The normalized spacial score (nSPS) is 24.5. The van der Waals surface area contributed by atoms with Gasteiger partial charge in [0.2, 0.25) is 0 Å². The highest BCUT2D eigenvalue weighted by atomic mass is 32.1. The van der Waals surface area contributed by atoms with Gasteiger partial charge in [0.05, 0.1) is 37.7 Å². The molecule has 2 atom stereocenters. The highest BCUT2D eigenvalue weighted by Gasteiger charge is 2.31. The van der Waals surface area contributed by atoms with E-state index in [1.807, 2.05) is 18.3 Å². The van der Waals surface area contributed by atoms with Crippen molar-refractivity contribution in [2.45, 2.75) is 52.5 Å². The van der Waals surface area contributed by atoms with Gasteiger partial charge in [-0.15, -0.1) is 11.3 Å². The summed E-state index contributed by atoms with van der Waals surface area (Å²) >= 11 is 1.86. The Kier molecular flexibility index (Phi) is 6.62. The first-order valence-electron chi connectivity index (χ1n) is 12.1. The Bertz CT molecular complexity index is 972. The second-order valence-corrected chi connectivity index (χ2v) is 10.5. The van der Waals surface area contributed by atoms with Crippen molar-refractivity contribution in [3.8, 4) is 0 Å². The molecule has 2 fully saturated rings. The lowest BCUT2D eigenvalue weighted by atomic mass is 9.89. The SMILES string of the molecule is CCOC(=O)[C@H]1CCCN(c2nc(CN3CCOCC3)nc3sc4c(c23)CC[C@H](C)C4)C1. The second-order valence-electron chi connectivity index (χ2n) is 9.42. The van der Waals surface area contributed by atoms with Crippen LogP contribution in [0.2, 0.25) is 0 Å². The van der Waals surface area contributed by atoms with Crippen LogP contribution < -0.4 is 4.90 Å². The summed E-state index contributed by atoms with van der Waals surface area (Å²) in [5.74, 6) is 2.50. The van der Waals surface area contributed by atoms with Crippen molar-refractivity contribution >= 4 is 33.3 Å². The maximum absolute atomic E-state index is 12.5. The Morgan fingerprint density at radius 3 is 2.88 bits per heavy atom. The average molecular weight is 459 g/mol. The van der Waals surface area contributed by atoms with Gasteiger partial charge in [0.1, 0.15) is 16.5 Å². The van der Waals surface area contributed by atoms with Crippen LogP contribution in [0.15, 0.2) is 0 Å².